The third-order valence-corrected chi connectivity index (χ3v) is 3.72. The Bertz CT molecular complexity index is 551. The van der Waals surface area contributed by atoms with Crippen molar-refractivity contribution < 1.29 is 4.74 Å². The van der Waals surface area contributed by atoms with Crippen LogP contribution in [0.1, 0.15) is 18.3 Å². The number of hydrogen-bond acceptors (Lipinski definition) is 3. The van der Waals surface area contributed by atoms with Crippen molar-refractivity contribution in [3.63, 3.8) is 0 Å². The van der Waals surface area contributed by atoms with Crippen molar-refractivity contribution in [1.82, 2.24) is 9.78 Å². The highest BCUT2D eigenvalue weighted by Gasteiger charge is 2.12. The van der Waals surface area contributed by atoms with Gasteiger partial charge in [-0.2, -0.15) is 5.10 Å². The summed E-state index contributed by atoms with van der Waals surface area (Å²) in [5.41, 5.74) is 8.43. The SMILES string of the molecule is CCn1nc(C)c(Br)c1COc1cccc(N)c1. The molecule has 0 saturated heterocycles. The summed E-state index contributed by atoms with van der Waals surface area (Å²) in [5, 5.41) is 4.42. The maximum Gasteiger partial charge on any atom is 0.131 e. The molecule has 4 nitrogen and oxygen atoms in total. The maximum atomic E-state index is 5.74. The molecule has 2 N–H and O–H groups in total. The lowest BCUT2D eigenvalue weighted by Gasteiger charge is -2.08. The van der Waals surface area contributed by atoms with Gasteiger partial charge in [-0.3, -0.25) is 4.68 Å². The highest BCUT2D eigenvalue weighted by atomic mass is 79.9. The number of aryl methyl sites for hydroxylation is 2. The number of nitrogens with zero attached hydrogens (tertiary/aromatic N) is 2. The van der Waals surface area contributed by atoms with Crippen LogP contribution in [0, 0.1) is 6.92 Å². The lowest BCUT2D eigenvalue weighted by Crippen LogP contribution is -2.06. The Balaban J connectivity index is 2.15. The number of nitrogens with two attached hydrogens (primary N) is 1. The van der Waals surface area contributed by atoms with Gasteiger partial charge >= 0.3 is 0 Å². The molecule has 18 heavy (non-hydrogen) atoms. The smallest absolute Gasteiger partial charge is 0.131 e. The highest BCUT2D eigenvalue weighted by molar-refractivity contribution is 9.10. The molecule has 0 aliphatic rings. The van der Waals surface area contributed by atoms with Crippen LogP contribution >= 0.6 is 15.9 Å². The van der Waals surface area contributed by atoms with E-state index in [-0.39, 0.29) is 0 Å². The van der Waals surface area contributed by atoms with Crippen LogP contribution in [-0.4, -0.2) is 9.78 Å². The predicted molar refractivity (Wildman–Crippen MR) is 75.5 cm³/mol. The van der Waals surface area contributed by atoms with Crippen molar-refractivity contribution in [3.05, 3.63) is 40.1 Å². The zero-order valence-corrected chi connectivity index (χ0v) is 12.1. The zero-order chi connectivity index (χ0) is 13.1. The zero-order valence-electron chi connectivity index (χ0n) is 10.5. The molecule has 0 aliphatic carbocycles. The quantitative estimate of drug-likeness (QED) is 0.883. The lowest BCUT2D eigenvalue weighted by molar-refractivity contribution is 0.292. The summed E-state index contributed by atoms with van der Waals surface area (Å²) in [7, 11) is 0. The molecule has 0 aliphatic heterocycles. The van der Waals surface area contributed by atoms with Crippen molar-refractivity contribution in [1.29, 1.82) is 0 Å². The van der Waals surface area contributed by atoms with E-state index in [9.17, 15) is 0 Å². The molecular formula is C13H16BrN3O. The van der Waals surface area contributed by atoms with Crippen LogP contribution in [0.4, 0.5) is 5.69 Å². The first kappa shape index (κ1) is 13.0. The Morgan fingerprint density at radius 3 is 2.89 bits per heavy atom. The van der Waals surface area contributed by atoms with E-state index in [2.05, 4.69) is 28.0 Å². The second-order valence-corrected chi connectivity index (χ2v) is 4.82. The molecule has 5 heteroatoms. The van der Waals surface area contributed by atoms with E-state index in [0.29, 0.717) is 12.3 Å². The van der Waals surface area contributed by atoms with E-state index in [4.69, 9.17) is 10.5 Å². The number of nitrogen functional groups attached to an aromatic ring is 1. The van der Waals surface area contributed by atoms with Gasteiger partial charge in [0.05, 0.1) is 15.9 Å². The summed E-state index contributed by atoms with van der Waals surface area (Å²) in [4.78, 5) is 0. The van der Waals surface area contributed by atoms with Crippen LogP contribution < -0.4 is 10.5 Å². The van der Waals surface area contributed by atoms with E-state index in [0.717, 1.165) is 28.2 Å². The molecule has 1 aromatic heterocycles. The molecule has 0 bridgehead atoms. The average Bonchev–Trinajstić information content (AvgIpc) is 2.63. The largest absolute Gasteiger partial charge is 0.487 e. The molecule has 0 radical (unpaired) electrons. The Hall–Kier alpha value is -1.49. The minimum absolute atomic E-state index is 0.471. The molecule has 2 aromatic rings. The van der Waals surface area contributed by atoms with Gasteiger partial charge in [0.2, 0.25) is 0 Å². The Morgan fingerprint density at radius 1 is 1.44 bits per heavy atom. The number of aromatic nitrogens is 2. The molecule has 0 amide bonds. The molecule has 0 saturated carbocycles. The van der Waals surface area contributed by atoms with Gasteiger partial charge < -0.3 is 10.5 Å². The van der Waals surface area contributed by atoms with Crippen LogP contribution in [-0.2, 0) is 13.2 Å². The van der Waals surface area contributed by atoms with Crippen molar-refractivity contribution in [3.8, 4) is 5.75 Å². The molecule has 0 fully saturated rings. The summed E-state index contributed by atoms with van der Waals surface area (Å²) in [6.45, 7) is 5.32. The van der Waals surface area contributed by atoms with Crippen LogP contribution in [0.25, 0.3) is 0 Å². The molecule has 96 valence electrons. The van der Waals surface area contributed by atoms with Crippen LogP contribution in [0.3, 0.4) is 0 Å². The van der Waals surface area contributed by atoms with Crippen molar-refractivity contribution in [2.24, 2.45) is 0 Å². The third-order valence-electron chi connectivity index (χ3n) is 2.69. The fourth-order valence-electron chi connectivity index (χ4n) is 1.76. The van der Waals surface area contributed by atoms with Gasteiger partial charge in [-0.25, -0.2) is 0 Å². The Kier molecular flexibility index (Phi) is 3.91. The van der Waals surface area contributed by atoms with Gasteiger partial charge in [-0.05, 0) is 41.9 Å². The van der Waals surface area contributed by atoms with E-state index < -0.39 is 0 Å². The van der Waals surface area contributed by atoms with Gasteiger partial charge in [0, 0.05) is 18.3 Å². The van der Waals surface area contributed by atoms with Gasteiger partial charge in [-0.1, -0.05) is 6.07 Å². The monoisotopic (exact) mass is 309 g/mol. The minimum atomic E-state index is 0.471. The molecule has 0 atom stereocenters. The molecule has 0 unspecified atom stereocenters. The Morgan fingerprint density at radius 2 is 2.22 bits per heavy atom. The van der Waals surface area contributed by atoms with Crippen LogP contribution in [0.2, 0.25) is 0 Å². The van der Waals surface area contributed by atoms with E-state index in [1.54, 1.807) is 0 Å². The number of hydrogen-bond donors (Lipinski definition) is 1. The molecule has 1 aromatic carbocycles. The summed E-state index contributed by atoms with van der Waals surface area (Å²) in [6, 6.07) is 7.42. The van der Waals surface area contributed by atoms with Crippen molar-refractivity contribution >= 4 is 21.6 Å². The molecule has 0 spiro atoms. The average molecular weight is 310 g/mol. The first-order valence-corrected chi connectivity index (χ1v) is 6.61. The predicted octanol–water partition coefficient (Wildman–Crippen LogP) is 3.14. The third kappa shape index (κ3) is 2.67. The Labute approximate surface area is 115 Å². The van der Waals surface area contributed by atoms with Crippen LogP contribution in [0.15, 0.2) is 28.7 Å². The number of ether oxygens (including phenoxy) is 1. The number of rotatable bonds is 4. The molecule has 1 heterocycles. The summed E-state index contributed by atoms with van der Waals surface area (Å²) >= 11 is 3.54. The topological polar surface area (TPSA) is 53.1 Å². The van der Waals surface area contributed by atoms with Gasteiger partial charge in [-0.15, -0.1) is 0 Å². The minimum Gasteiger partial charge on any atom is -0.487 e. The number of benzene rings is 1. The molecular weight excluding hydrogens is 294 g/mol. The first-order chi connectivity index (χ1) is 8.61. The van der Waals surface area contributed by atoms with Gasteiger partial charge in [0.25, 0.3) is 0 Å². The first-order valence-electron chi connectivity index (χ1n) is 5.82. The fourth-order valence-corrected chi connectivity index (χ4v) is 2.16. The van der Waals surface area contributed by atoms with Gasteiger partial charge in [0.1, 0.15) is 12.4 Å². The van der Waals surface area contributed by atoms with Crippen molar-refractivity contribution in [2.75, 3.05) is 5.73 Å². The lowest BCUT2D eigenvalue weighted by atomic mass is 10.3. The normalized spacial score (nSPS) is 10.6. The van der Waals surface area contributed by atoms with Crippen LogP contribution in [0.5, 0.6) is 5.75 Å². The van der Waals surface area contributed by atoms with E-state index in [1.807, 2.05) is 35.9 Å². The van der Waals surface area contributed by atoms with E-state index >= 15 is 0 Å². The standard InChI is InChI=1S/C13H16BrN3O/c1-3-17-12(13(14)9(2)16-17)8-18-11-6-4-5-10(15)7-11/h4-7H,3,8,15H2,1-2H3. The summed E-state index contributed by atoms with van der Waals surface area (Å²) < 4.78 is 8.68. The van der Waals surface area contributed by atoms with E-state index in [1.165, 1.54) is 0 Å². The maximum absolute atomic E-state index is 5.74. The fraction of sp³-hybridized carbons (Fsp3) is 0.308. The summed E-state index contributed by atoms with van der Waals surface area (Å²) in [5.74, 6) is 0.767. The second-order valence-electron chi connectivity index (χ2n) is 4.02. The highest BCUT2D eigenvalue weighted by Crippen LogP contribution is 2.23. The number of halogens is 1. The number of anilines is 1. The second kappa shape index (κ2) is 5.44. The van der Waals surface area contributed by atoms with Crippen molar-refractivity contribution in [2.45, 2.75) is 27.0 Å². The van der Waals surface area contributed by atoms with Gasteiger partial charge in [0.15, 0.2) is 0 Å². The molecule has 2 rings (SSSR count). The summed E-state index contributed by atoms with van der Waals surface area (Å²) in [6.07, 6.45) is 0.